The van der Waals surface area contributed by atoms with Gasteiger partial charge in [-0.05, 0) is 43.0 Å². The molecule has 86 valence electrons. The molecule has 0 fully saturated rings. The highest BCUT2D eigenvalue weighted by Gasteiger charge is 2.22. The van der Waals surface area contributed by atoms with Crippen LogP contribution >= 0.6 is 0 Å². The monoisotopic (exact) mass is 219 g/mol. The number of methoxy groups -OCH3 is 1. The highest BCUT2D eigenvalue weighted by molar-refractivity contribution is 6.00. The van der Waals surface area contributed by atoms with Gasteiger partial charge in [0, 0.05) is 6.42 Å². The average molecular weight is 219 g/mol. The van der Waals surface area contributed by atoms with Crippen LogP contribution in [0.2, 0.25) is 0 Å². The lowest BCUT2D eigenvalue weighted by Gasteiger charge is -2.12. The summed E-state index contributed by atoms with van der Waals surface area (Å²) < 4.78 is 5.28. The maximum absolute atomic E-state index is 12.0. The lowest BCUT2D eigenvalue weighted by atomic mass is 9.97. The van der Waals surface area contributed by atoms with Crippen LogP contribution in [0.3, 0.4) is 0 Å². The molecule has 1 aliphatic carbocycles. The van der Waals surface area contributed by atoms with E-state index < -0.39 is 0 Å². The Kier molecular flexibility index (Phi) is 3.25. The largest absolute Gasteiger partial charge is 0.496 e. The van der Waals surface area contributed by atoms with Crippen molar-refractivity contribution in [3.63, 3.8) is 0 Å². The molecule has 0 aromatic heterocycles. The molecular weight excluding hydrogens is 202 g/mol. The van der Waals surface area contributed by atoms with Gasteiger partial charge in [0.2, 0.25) is 0 Å². The first kappa shape index (κ1) is 11.1. The average Bonchev–Trinajstić information content (AvgIpc) is 2.75. The van der Waals surface area contributed by atoms with Gasteiger partial charge < -0.3 is 10.5 Å². The van der Waals surface area contributed by atoms with Crippen LogP contribution in [-0.4, -0.2) is 19.4 Å². The molecule has 3 nitrogen and oxygen atoms in total. The Hall–Kier alpha value is -1.35. The number of Topliss-reactive ketones (excluding diaryl/α,β-unsaturated/α-hetero) is 1. The molecule has 0 saturated carbocycles. The van der Waals surface area contributed by atoms with Crippen molar-refractivity contribution in [1.29, 1.82) is 0 Å². The summed E-state index contributed by atoms with van der Waals surface area (Å²) in [5, 5.41) is 0. The molecule has 0 aliphatic heterocycles. The summed E-state index contributed by atoms with van der Waals surface area (Å²) in [5.41, 5.74) is 8.68. The van der Waals surface area contributed by atoms with E-state index in [9.17, 15) is 4.79 Å². The minimum absolute atomic E-state index is 0.109. The Morgan fingerprint density at radius 2 is 2.25 bits per heavy atom. The standard InChI is InChI=1S/C13H17NO2/c1-16-12-6-5-9-3-2-4-10(9)13(12)11(15)7-8-14/h5-6H,2-4,7-8,14H2,1H3. The van der Waals surface area contributed by atoms with Crippen molar-refractivity contribution in [2.24, 2.45) is 5.73 Å². The molecule has 1 aromatic carbocycles. The van der Waals surface area contributed by atoms with Gasteiger partial charge in [0.05, 0.1) is 12.7 Å². The van der Waals surface area contributed by atoms with E-state index in [1.54, 1.807) is 7.11 Å². The lowest BCUT2D eigenvalue weighted by molar-refractivity contribution is 0.0981. The van der Waals surface area contributed by atoms with E-state index in [1.165, 1.54) is 11.1 Å². The van der Waals surface area contributed by atoms with Gasteiger partial charge in [-0.3, -0.25) is 4.79 Å². The second-order valence-electron chi connectivity index (χ2n) is 4.10. The minimum Gasteiger partial charge on any atom is -0.496 e. The third kappa shape index (κ3) is 1.83. The molecule has 3 heteroatoms. The number of hydrogen-bond acceptors (Lipinski definition) is 3. The second-order valence-corrected chi connectivity index (χ2v) is 4.10. The van der Waals surface area contributed by atoms with Gasteiger partial charge in [0.15, 0.2) is 5.78 Å². The lowest BCUT2D eigenvalue weighted by Crippen LogP contribution is -2.11. The molecule has 1 aromatic rings. The zero-order valence-electron chi connectivity index (χ0n) is 9.58. The van der Waals surface area contributed by atoms with Crippen LogP contribution < -0.4 is 10.5 Å². The summed E-state index contributed by atoms with van der Waals surface area (Å²) in [6.07, 6.45) is 3.58. The quantitative estimate of drug-likeness (QED) is 0.784. The molecule has 0 amide bonds. The molecule has 2 N–H and O–H groups in total. The molecule has 0 heterocycles. The molecule has 2 rings (SSSR count). The maximum Gasteiger partial charge on any atom is 0.168 e. The predicted octanol–water partition coefficient (Wildman–Crippen LogP) is 1.72. The van der Waals surface area contributed by atoms with Crippen molar-refractivity contribution in [2.45, 2.75) is 25.7 Å². The van der Waals surface area contributed by atoms with E-state index in [0.29, 0.717) is 18.7 Å². The second kappa shape index (κ2) is 4.66. The van der Waals surface area contributed by atoms with Crippen LogP contribution in [0.5, 0.6) is 5.75 Å². The Morgan fingerprint density at radius 1 is 1.44 bits per heavy atom. The third-order valence-corrected chi connectivity index (χ3v) is 3.11. The van der Waals surface area contributed by atoms with Crippen LogP contribution in [0, 0.1) is 0 Å². The fourth-order valence-corrected chi connectivity index (χ4v) is 2.38. The van der Waals surface area contributed by atoms with Crippen LogP contribution in [0.4, 0.5) is 0 Å². The first-order valence-corrected chi connectivity index (χ1v) is 5.70. The Morgan fingerprint density at radius 3 is 2.94 bits per heavy atom. The number of fused-ring (bicyclic) bond motifs is 1. The molecule has 1 aliphatic rings. The van der Waals surface area contributed by atoms with Crippen molar-refractivity contribution in [3.8, 4) is 5.75 Å². The van der Waals surface area contributed by atoms with Crippen LogP contribution in [0.15, 0.2) is 12.1 Å². The van der Waals surface area contributed by atoms with Crippen LogP contribution in [0.1, 0.15) is 34.3 Å². The molecule has 0 atom stereocenters. The van der Waals surface area contributed by atoms with E-state index in [0.717, 1.165) is 24.8 Å². The first-order valence-electron chi connectivity index (χ1n) is 5.70. The van der Waals surface area contributed by atoms with Gasteiger partial charge in [0.25, 0.3) is 0 Å². The maximum atomic E-state index is 12.0. The zero-order chi connectivity index (χ0) is 11.5. The molecule has 0 radical (unpaired) electrons. The van der Waals surface area contributed by atoms with Crippen LogP contribution in [-0.2, 0) is 12.8 Å². The summed E-state index contributed by atoms with van der Waals surface area (Å²) in [5.74, 6) is 0.803. The predicted molar refractivity (Wildman–Crippen MR) is 63.0 cm³/mol. The number of rotatable bonds is 4. The van der Waals surface area contributed by atoms with Crippen molar-refractivity contribution in [3.05, 3.63) is 28.8 Å². The normalized spacial score (nSPS) is 13.6. The number of ketones is 1. The number of benzene rings is 1. The van der Waals surface area contributed by atoms with E-state index in [4.69, 9.17) is 10.5 Å². The number of aryl methyl sites for hydroxylation is 1. The van der Waals surface area contributed by atoms with Gasteiger partial charge in [-0.1, -0.05) is 6.07 Å². The number of hydrogen-bond donors (Lipinski definition) is 1. The SMILES string of the molecule is COc1ccc2c(c1C(=O)CCN)CCC2. The van der Waals surface area contributed by atoms with E-state index >= 15 is 0 Å². The fourth-order valence-electron chi connectivity index (χ4n) is 2.38. The Labute approximate surface area is 95.6 Å². The molecule has 0 unspecified atom stereocenters. The van der Waals surface area contributed by atoms with Gasteiger partial charge in [0.1, 0.15) is 5.75 Å². The molecule has 0 bridgehead atoms. The first-order chi connectivity index (χ1) is 7.77. The van der Waals surface area contributed by atoms with Gasteiger partial charge in [-0.15, -0.1) is 0 Å². The molecular formula is C13H17NO2. The summed E-state index contributed by atoms with van der Waals surface area (Å²) in [4.78, 5) is 12.0. The summed E-state index contributed by atoms with van der Waals surface area (Å²) >= 11 is 0. The number of nitrogens with two attached hydrogens (primary N) is 1. The fraction of sp³-hybridized carbons (Fsp3) is 0.462. The van der Waals surface area contributed by atoms with Gasteiger partial charge in [-0.25, -0.2) is 0 Å². The van der Waals surface area contributed by atoms with E-state index in [1.807, 2.05) is 6.07 Å². The van der Waals surface area contributed by atoms with Crippen molar-refractivity contribution < 1.29 is 9.53 Å². The number of carbonyl (C=O) groups is 1. The summed E-state index contributed by atoms with van der Waals surface area (Å²) in [6, 6.07) is 3.97. The highest BCUT2D eigenvalue weighted by atomic mass is 16.5. The molecule has 0 spiro atoms. The third-order valence-electron chi connectivity index (χ3n) is 3.11. The van der Waals surface area contributed by atoms with Gasteiger partial charge >= 0.3 is 0 Å². The Bertz CT molecular complexity index is 413. The van der Waals surface area contributed by atoms with Crippen molar-refractivity contribution in [1.82, 2.24) is 0 Å². The Balaban J connectivity index is 2.47. The number of carbonyl (C=O) groups excluding carboxylic acids is 1. The molecule has 16 heavy (non-hydrogen) atoms. The van der Waals surface area contributed by atoms with E-state index in [-0.39, 0.29) is 5.78 Å². The van der Waals surface area contributed by atoms with Crippen molar-refractivity contribution >= 4 is 5.78 Å². The van der Waals surface area contributed by atoms with Crippen LogP contribution in [0.25, 0.3) is 0 Å². The molecule has 0 saturated heterocycles. The van der Waals surface area contributed by atoms with E-state index in [2.05, 4.69) is 6.07 Å². The zero-order valence-corrected chi connectivity index (χ0v) is 9.58. The smallest absolute Gasteiger partial charge is 0.168 e. The summed E-state index contributed by atoms with van der Waals surface area (Å²) in [6.45, 7) is 0.394. The topological polar surface area (TPSA) is 52.3 Å². The number of ether oxygens (including phenoxy) is 1. The van der Waals surface area contributed by atoms with Crippen molar-refractivity contribution in [2.75, 3.05) is 13.7 Å². The summed E-state index contributed by atoms with van der Waals surface area (Å²) in [7, 11) is 1.61. The van der Waals surface area contributed by atoms with Gasteiger partial charge in [-0.2, -0.15) is 0 Å². The highest BCUT2D eigenvalue weighted by Crippen LogP contribution is 2.32. The minimum atomic E-state index is 0.109.